The van der Waals surface area contributed by atoms with Gasteiger partial charge in [-0.25, -0.2) is 13.6 Å². The number of rotatable bonds is 12. The lowest BCUT2D eigenvalue weighted by atomic mass is 10.0. The number of thioether (sulfide) groups is 1. The van der Waals surface area contributed by atoms with E-state index in [1.54, 1.807) is 0 Å². The molecule has 0 aliphatic carbocycles. The van der Waals surface area contributed by atoms with Crippen LogP contribution in [-0.4, -0.2) is 44.4 Å². The third-order valence-corrected chi connectivity index (χ3v) is 4.94. The number of hydrogen-bond donors (Lipinski definition) is 3. The van der Waals surface area contributed by atoms with E-state index in [4.69, 9.17) is 10.2 Å². The maximum Gasteiger partial charge on any atom is 0.337 e. The van der Waals surface area contributed by atoms with Gasteiger partial charge in [0, 0.05) is 11.8 Å². The summed E-state index contributed by atoms with van der Waals surface area (Å²) >= 11 is 1.19. The number of halogens is 2. The summed E-state index contributed by atoms with van der Waals surface area (Å²) in [6, 6.07) is 3.54. The first kappa shape index (κ1) is 21.4. The Morgan fingerprint density at radius 1 is 1.08 bits per heavy atom. The number of carboxylic acids is 2. The normalized spacial score (nSPS) is 13.4. The summed E-state index contributed by atoms with van der Waals surface area (Å²) in [6.07, 6.45) is 2.91. The van der Waals surface area contributed by atoms with E-state index in [1.807, 2.05) is 0 Å². The van der Waals surface area contributed by atoms with Crippen molar-refractivity contribution in [3.63, 3.8) is 0 Å². The zero-order valence-electron chi connectivity index (χ0n) is 13.7. The molecule has 0 spiro atoms. The van der Waals surface area contributed by atoms with Gasteiger partial charge in [-0.05, 0) is 36.6 Å². The quantitative estimate of drug-likeness (QED) is 0.485. The monoisotopic (exact) mass is 376 g/mol. The van der Waals surface area contributed by atoms with E-state index >= 15 is 0 Å². The standard InChI is InChI=1S/C17H22F2O5S/c18-13-7-6-12(14(19)9-13)5-3-1-2-4-8-25-11-17(24,16(22)23)10-15(20)21/h6-7,9,24H,1-5,8,10-11H2,(H,20,21)(H,22,23)/t17-/m1/s1. The molecule has 25 heavy (non-hydrogen) atoms. The molecule has 1 aromatic rings. The lowest BCUT2D eigenvalue weighted by Crippen LogP contribution is -2.43. The van der Waals surface area contributed by atoms with Crippen LogP contribution in [-0.2, 0) is 16.0 Å². The summed E-state index contributed by atoms with van der Waals surface area (Å²) in [5.74, 6) is -3.62. The van der Waals surface area contributed by atoms with E-state index in [0.29, 0.717) is 17.7 Å². The summed E-state index contributed by atoms with van der Waals surface area (Å²) in [5, 5.41) is 27.4. The molecule has 0 amide bonds. The van der Waals surface area contributed by atoms with Gasteiger partial charge in [0.1, 0.15) is 11.6 Å². The van der Waals surface area contributed by atoms with Gasteiger partial charge in [-0.2, -0.15) is 11.8 Å². The maximum atomic E-state index is 13.4. The van der Waals surface area contributed by atoms with Crippen LogP contribution in [0.4, 0.5) is 8.78 Å². The summed E-state index contributed by atoms with van der Waals surface area (Å²) < 4.78 is 26.2. The van der Waals surface area contributed by atoms with Gasteiger partial charge >= 0.3 is 11.9 Å². The third-order valence-electron chi connectivity index (χ3n) is 3.68. The molecule has 5 nitrogen and oxygen atoms in total. The Kier molecular flexibility index (Phi) is 8.85. The summed E-state index contributed by atoms with van der Waals surface area (Å²) in [4.78, 5) is 21.6. The fraction of sp³-hybridized carbons (Fsp3) is 0.529. The Labute approximate surface area is 149 Å². The number of unbranched alkanes of at least 4 members (excludes halogenated alkanes) is 3. The number of aliphatic hydroxyl groups is 1. The largest absolute Gasteiger partial charge is 0.481 e. The molecule has 0 heterocycles. The van der Waals surface area contributed by atoms with Crippen molar-refractivity contribution in [3.8, 4) is 0 Å². The van der Waals surface area contributed by atoms with Crippen LogP contribution < -0.4 is 0 Å². The average molecular weight is 376 g/mol. The molecular formula is C17H22F2O5S. The van der Waals surface area contributed by atoms with E-state index < -0.39 is 35.6 Å². The minimum Gasteiger partial charge on any atom is -0.481 e. The van der Waals surface area contributed by atoms with Crippen molar-refractivity contribution < 1.29 is 33.7 Å². The number of hydrogen-bond acceptors (Lipinski definition) is 4. The Bertz CT molecular complexity index is 596. The van der Waals surface area contributed by atoms with Gasteiger partial charge in [0.05, 0.1) is 6.42 Å². The maximum absolute atomic E-state index is 13.4. The Balaban J connectivity index is 2.17. The van der Waals surface area contributed by atoms with Crippen LogP contribution in [0.2, 0.25) is 0 Å². The predicted octanol–water partition coefficient (Wildman–Crippen LogP) is 3.09. The lowest BCUT2D eigenvalue weighted by Gasteiger charge is -2.20. The molecule has 1 aromatic carbocycles. The average Bonchev–Trinajstić information content (AvgIpc) is 2.50. The number of aliphatic carboxylic acids is 2. The SMILES string of the molecule is O=C(O)C[C@@](O)(CSCCCCCCc1ccc(F)cc1F)C(=O)O. The molecule has 1 atom stereocenters. The van der Waals surface area contributed by atoms with Crippen molar-refractivity contribution in [2.75, 3.05) is 11.5 Å². The van der Waals surface area contributed by atoms with Crippen molar-refractivity contribution in [1.29, 1.82) is 0 Å². The van der Waals surface area contributed by atoms with Crippen molar-refractivity contribution in [3.05, 3.63) is 35.4 Å². The lowest BCUT2D eigenvalue weighted by molar-refractivity contribution is -0.162. The minimum atomic E-state index is -2.25. The highest BCUT2D eigenvalue weighted by Crippen LogP contribution is 2.20. The first-order chi connectivity index (χ1) is 11.7. The molecule has 0 saturated carbocycles. The molecule has 0 bridgehead atoms. The highest BCUT2D eigenvalue weighted by Gasteiger charge is 2.38. The van der Waals surface area contributed by atoms with Gasteiger partial charge in [-0.1, -0.05) is 18.9 Å². The van der Waals surface area contributed by atoms with Gasteiger partial charge in [-0.3, -0.25) is 4.79 Å². The second-order valence-electron chi connectivity index (χ2n) is 5.86. The van der Waals surface area contributed by atoms with Crippen LogP contribution in [0, 0.1) is 11.6 Å². The first-order valence-corrected chi connectivity index (χ1v) is 9.09. The van der Waals surface area contributed by atoms with Crippen LogP contribution in [0.25, 0.3) is 0 Å². The predicted molar refractivity (Wildman–Crippen MR) is 90.7 cm³/mol. The van der Waals surface area contributed by atoms with E-state index in [1.165, 1.54) is 23.9 Å². The van der Waals surface area contributed by atoms with Crippen LogP contribution in [0.5, 0.6) is 0 Å². The van der Waals surface area contributed by atoms with Crippen LogP contribution in [0.1, 0.15) is 37.7 Å². The zero-order chi connectivity index (χ0) is 18.9. The molecule has 0 aliphatic heterocycles. The fourth-order valence-electron chi connectivity index (χ4n) is 2.28. The van der Waals surface area contributed by atoms with Gasteiger partial charge in [-0.15, -0.1) is 0 Å². The summed E-state index contributed by atoms with van der Waals surface area (Å²) in [5.41, 5.74) is -1.77. The van der Waals surface area contributed by atoms with Crippen molar-refractivity contribution >= 4 is 23.7 Å². The Morgan fingerprint density at radius 2 is 1.76 bits per heavy atom. The van der Waals surface area contributed by atoms with E-state index in [0.717, 1.165) is 31.7 Å². The highest BCUT2D eigenvalue weighted by molar-refractivity contribution is 7.99. The molecule has 0 unspecified atom stereocenters. The fourth-order valence-corrected chi connectivity index (χ4v) is 3.39. The topological polar surface area (TPSA) is 94.8 Å². The molecule has 0 saturated heterocycles. The second-order valence-corrected chi connectivity index (χ2v) is 6.96. The van der Waals surface area contributed by atoms with Crippen LogP contribution >= 0.6 is 11.8 Å². The van der Waals surface area contributed by atoms with Crippen molar-refractivity contribution in [2.24, 2.45) is 0 Å². The Morgan fingerprint density at radius 3 is 2.36 bits per heavy atom. The smallest absolute Gasteiger partial charge is 0.337 e. The molecule has 0 radical (unpaired) electrons. The van der Waals surface area contributed by atoms with Crippen LogP contribution in [0.3, 0.4) is 0 Å². The molecule has 140 valence electrons. The number of aryl methyl sites for hydroxylation is 1. The number of carboxylic acid groups (broad SMARTS) is 2. The highest BCUT2D eigenvalue weighted by atomic mass is 32.2. The number of carbonyl (C=O) groups is 2. The first-order valence-electron chi connectivity index (χ1n) is 7.94. The molecule has 8 heteroatoms. The van der Waals surface area contributed by atoms with Crippen LogP contribution in [0.15, 0.2) is 18.2 Å². The van der Waals surface area contributed by atoms with Gasteiger partial charge in [0.15, 0.2) is 5.60 Å². The number of benzene rings is 1. The van der Waals surface area contributed by atoms with E-state index in [9.17, 15) is 23.5 Å². The van der Waals surface area contributed by atoms with Crippen molar-refractivity contribution in [2.45, 2.75) is 44.1 Å². The van der Waals surface area contributed by atoms with Gasteiger partial charge < -0.3 is 15.3 Å². The van der Waals surface area contributed by atoms with E-state index in [-0.39, 0.29) is 5.75 Å². The molecular weight excluding hydrogens is 354 g/mol. The molecule has 3 N–H and O–H groups in total. The molecule has 0 aromatic heterocycles. The second kappa shape index (κ2) is 10.4. The minimum absolute atomic E-state index is 0.185. The van der Waals surface area contributed by atoms with Gasteiger partial charge in [0.25, 0.3) is 0 Å². The Hall–Kier alpha value is -1.67. The molecule has 0 fully saturated rings. The zero-order valence-corrected chi connectivity index (χ0v) is 14.5. The summed E-state index contributed by atoms with van der Waals surface area (Å²) in [6.45, 7) is 0. The molecule has 1 rings (SSSR count). The molecule has 0 aliphatic rings. The summed E-state index contributed by atoms with van der Waals surface area (Å²) in [7, 11) is 0. The van der Waals surface area contributed by atoms with E-state index in [2.05, 4.69) is 0 Å². The third kappa shape index (κ3) is 7.83. The van der Waals surface area contributed by atoms with Gasteiger partial charge in [0.2, 0.25) is 0 Å². The van der Waals surface area contributed by atoms with Crippen molar-refractivity contribution in [1.82, 2.24) is 0 Å².